The van der Waals surface area contributed by atoms with Gasteiger partial charge in [-0.3, -0.25) is 4.79 Å². The van der Waals surface area contributed by atoms with Crippen LogP contribution in [-0.4, -0.2) is 46.1 Å². The van der Waals surface area contributed by atoms with Gasteiger partial charge in [-0.1, -0.05) is 11.4 Å². The molecule has 0 aromatic rings. The van der Waals surface area contributed by atoms with E-state index in [0.717, 1.165) is 0 Å². The number of nitrogens with one attached hydrogen (secondary N) is 1. The lowest BCUT2D eigenvalue weighted by atomic mass is 10.4. The van der Waals surface area contributed by atoms with Crippen LogP contribution in [0.2, 0.25) is 0 Å². The van der Waals surface area contributed by atoms with Crippen molar-refractivity contribution in [2.75, 3.05) is 40.2 Å². The number of ether oxygens (including phenoxy) is 1. The van der Waals surface area contributed by atoms with Crippen molar-refractivity contribution in [1.29, 1.82) is 0 Å². The Bertz CT molecular complexity index is 244. The Labute approximate surface area is 106 Å². The molecule has 96 valence electrons. The summed E-state index contributed by atoms with van der Waals surface area (Å²) in [5, 5.41) is 2.73. The molecule has 5 nitrogen and oxygen atoms in total. The number of hydrogen-bond donors (Lipinski definition) is 1. The maximum Gasteiger partial charge on any atom is 0.246 e. The minimum Gasteiger partial charge on any atom is -0.383 e. The summed E-state index contributed by atoms with van der Waals surface area (Å²) in [6.45, 7) is 1.05. The Kier molecular flexibility index (Phi) is 9.59. The molecular formula is C8H18NO4PS2. The normalized spacial score (nSPS) is 11.4. The summed E-state index contributed by atoms with van der Waals surface area (Å²) in [4.78, 5) is 11.3. The summed E-state index contributed by atoms with van der Waals surface area (Å²) in [5.74, 6) is 0.580. The van der Waals surface area contributed by atoms with Crippen LogP contribution in [0.25, 0.3) is 0 Å². The van der Waals surface area contributed by atoms with Gasteiger partial charge in [0.25, 0.3) is 0 Å². The van der Waals surface area contributed by atoms with E-state index >= 15 is 0 Å². The van der Waals surface area contributed by atoms with Gasteiger partial charge >= 0.3 is 0 Å². The molecule has 0 rings (SSSR count). The third-order valence-corrected chi connectivity index (χ3v) is 7.49. The first kappa shape index (κ1) is 16.4. The van der Waals surface area contributed by atoms with E-state index < -0.39 is 5.69 Å². The molecule has 0 unspecified atom stereocenters. The van der Waals surface area contributed by atoms with Gasteiger partial charge in [0.2, 0.25) is 11.6 Å². The lowest BCUT2D eigenvalue weighted by Crippen LogP contribution is -2.27. The Morgan fingerprint density at radius 3 is 2.50 bits per heavy atom. The van der Waals surface area contributed by atoms with E-state index in [2.05, 4.69) is 5.32 Å². The molecule has 0 spiro atoms. The van der Waals surface area contributed by atoms with Gasteiger partial charge in [0.15, 0.2) is 0 Å². The molecule has 0 aliphatic rings. The van der Waals surface area contributed by atoms with Crippen molar-refractivity contribution in [3.63, 3.8) is 0 Å². The number of carbonyl (C=O) groups is 1. The molecular weight excluding hydrogens is 269 g/mol. The first-order valence-corrected chi connectivity index (χ1v) is 8.92. The second-order valence-corrected chi connectivity index (χ2v) is 9.38. The van der Waals surface area contributed by atoms with Crippen molar-refractivity contribution in [1.82, 2.24) is 5.32 Å². The summed E-state index contributed by atoms with van der Waals surface area (Å²) in [6, 6.07) is 0. The van der Waals surface area contributed by atoms with E-state index in [4.69, 9.17) is 25.6 Å². The molecule has 0 fully saturated rings. The summed E-state index contributed by atoms with van der Waals surface area (Å²) in [5.41, 5.74) is -2.22. The van der Waals surface area contributed by atoms with Crippen molar-refractivity contribution in [2.45, 2.75) is 6.42 Å². The molecule has 0 saturated carbocycles. The molecule has 0 aromatic carbocycles. The van der Waals surface area contributed by atoms with Gasteiger partial charge in [0.1, 0.15) is 0 Å². The Morgan fingerprint density at radius 1 is 1.38 bits per heavy atom. The average molecular weight is 287 g/mol. The van der Waals surface area contributed by atoms with E-state index in [1.165, 1.54) is 25.6 Å². The first-order chi connectivity index (χ1) is 7.58. The van der Waals surface area contributed by atoms with E-state index in [9.17, 15) is 4.79 Å². The Balaban J connectivity index is 3.65. The van der Waals surface area contributed by atoms with Gasteiger partial charge in [0, 0.05) is 40.0 Å². The minimum atomic E-state index is -2.22. The second kappa shape index (κ2) is 9.39. The van der Waals surface area contributed by atoms with Crippen LogP contribution in [0.5, 0.6) is 0 Å². The number of methoxy groups -OCH3 is 1. The van der Waals surface area contributed by atoms with Crippen LogP contribution in [0, 0.1) is 0 Å². The highest BCUT2D eigenvalue weighted by Crippen LogP contribution is 2.59. The summed E-state index contributed by atoms with van der Waals surface area (Å²) >= 11 is 6.52. The number of amides is 1. The van der Waals surface area contributed by atoms with Crippen molar-refractivity contribution in [2.24, 2.45) is 0 Å². The molecule has 0 saturated heterocycles. The first-order valence-electron chi connectivity index (χ1n) is 4.69. The van der Waals surface area contributed by atoms with Crippen molar-refractivity contribution in [3.8, 4) is 0 Å². The molecule has 8 heteroatoms. The fraction of sp³-hybridized carbons (Fsp3) is 0.875. The Hall–Kier alpha value is 0.350. The number of rotatable bonds is 9. The number of hydrogen-bond acceptors (Lipinski definition) is 6. The van der Waals surface area contributed by atoms with Gasteiger partial charge < -0.3 is 19.1 Å². The van der Waals surface area contributed by atoms with E-state index in [1.54, 1.807) is 7.11 Å². The molecule has 0 atom stereocenters. The molecule has 0 aliphatic heterocycles. The monoisotopic (exact) mass is 287 g/mol. The van der Waals surface area contributed by atoms with Gasteiger partial charge in [-0.2, -0.15) is 0 Å². The summed E-state index contributed by atoms with van der Waals surface area (Å²) < 4.78 is 15.0. The smallest absolute Gasteiger partial charge is 0.246 e. The zero-order valence-electron chi connectivity index (χ0n) is 9.73. The highest BCUT2D eigenvalue weighted by Gasteiger charge is 2.16. The van der Waals surface area contributed by atoms with Crippen molar-refractivity contribution >= 4 is 34.8 Å². The van der Waals surface area contributed by atoms with Crippen LogP contribution in [0.15, 0.2) is 0 Å². The van der Waals surface area contributed by atoms with Crippen LogP contribution in [0.1, 0.15) is 6.42 Å². The lowest BCUT2D eigenvalue weighted by Gasteiger charge is -2.16. The van der Waals surface area contributed by atoms with Crippen LogP contribution < -0.4 is 5.32 Å². The molecule has 0 aliphatic carbocycles. The van der Waals surface area contributed by atoms with Gasteiger partial charge in [-0.05, 0) is 11.8 Å². The fourth-order valence-electron chi connectivity index (χ4n) is 0.811. The second-order valence-electron chi connectivity index (χ2n) is 2.74. The fourth-order valence-corrected chi connectivity index (χ4v) is 3.92. The maximum absolute atomic E-state index is 11.3. The van der Waals surface area contributed by atoms with E-state index in [0.29, 0.717) is 25.3 Å². The molecule has 16 heavy (non-hydrogen) atoms. The summed E-state index contributed by atoms with van der Waals surface area (Å²) in [6.07, 6.45) is 0.402. The average Bonchev–Trinajstić information content (AvgIpc) is 2.29. The van der Waals surface area contributed by atoms with Crippen LogP contribution in [-0.2, 0) is 30.4 Å². The quantitative estimate of drug-likeness (QED) is 0.511. The maximum atomic E-state index is 11.3. The van der Waals surface area contributed by atoms with Crippen molar-refractivity contribution in [3.05, 3.63) is 0 Å². The van der Waals surface area contributed by atoms with Crippen LogP contribution in [0.4, 0.5) is 0 Å². The Morgan fingerprint density at radius 2 is 2.00 bits per heavy atom. The largest absolute Gasteiger partial charge is 0.383 e. The zero-order valence-corrected chi connectivity index (χ0v) is 12.3. The molecule has 1 amide bonds. The topological polar surface area (TPSA) is 56.8 Å². The summed E-state index contributed by atoms with van der Waals surface area (Å²) in [7, 11) is 4.64. The SMILES string of the molecule is COCCNC(=O)CCSP(=S)(OC)OC. The van der Waals surface area contributed by atoms with Gasteiger partial charge in [-0.25, -0.2) is 0 Å². The van der Waals surface area contributed by atoms with Crippen LogP contribution in [0.3, 0.4) is 0 Å². The van der Waals surface area contributed by atoms with Gasteiger partial charge in [0.05, 0.1) is 6.61 Å². The molecule has 0 bridgehead atoms. The standard InChI is InChI=1S/C8H18NO4PS2/c1-11-6-5-9-8(10)4-7-16-14(15,12-2)13-3/h4-7H2,1-3H3,(H,9,10). The molecule has 0 aromatic heterocycles. The molecule has 0 heterocycles. The van der Waals surface area contributed by atoms with Gasteiger partial charge in [-0.15, -0.1) is 0 Å². The highest BCUT2D eigenvalue weighted by atomic mass is 32.9. The lowest BCUT2D eigenvalue weighted by molar-refractivity contribution is -0.120. The third kappa shape index (κ3) is 7.60. The predicted molar refractivity (Wildman–Crippen MR) is 70.3 cm³/mol. The number of carbonyl (C=O) groups excluding carboxylic acids is 1. The predicted octanol–water partition coefficient (Wildman–Crippen LogP) is 1.39. The molecule has 1 N–H and O–H groups in total. The molecule has 0 radical (unpaired) electrons. The zero-order chi connectivity index (χ0) is 12.4. The minimum absolute atomic E-state index is 0.0155. The van der Waals surface area contributed by atoms with E-state index in [1.807, 2.05) is 0 Å². The third-order valence-electron chi connectivity index (χ3n) is 1.65. The van der Waals surface area contributed by atoms with E-state index in [-0.39, 0.29) is 5.91 Å². The van der Waals surface area contributed by atoms with Crippen molar-refractivity contribution < 1.29 is 18.6 Å². The highest BCUT2D eigenvalue weighted by molar-refractivity contribution is 8.67. The van der Waals surface area contributed by atoms with Crippen LogP contribution >= 0.6 is 17.1 Å².